The van der Waals surface area contributed by atoms with Gasteiger partial charge in [-0.3, -0.25) is 4.40 Å². The van der Waals surface area contributed by atoms with Gasteiger partial charge in [-0.2, -0.15) is 0 Å². The number of imidazole rings is 1. The van der Waals surface area contributed by atoms with Crippen LogP contribution in [0.15, 0.2) is 47.1 Å². The molecule has 0 radical (unpaired) electrons. The van der Waals surface area contributed by atoms with Crippen molar-refractivity contribution in [1.82, 2.24) is 9.38 Å². The normalized spacial score (nSPS) is 12.9. The molecule has 0 spiro atoms. The van der Waals surface area contributed by atoms with Gasteiger partial charge in [0.05, 0.1) is 11.4 Å². The zero-order chi connectivity index (χ0) is 12.1. The smallest absolute Gasteiger partial charge is 0.137 e. The highest BCUT2D eigenvalue weighted by Gasteiger charge is 2.22. The molecule has 0 N–H and O–H groups in total. The molecule has 0 saturated heterocycles. The third kappa shape index (κ3) is 1.32. The lowest BCUT2D eigenvalue weighted by Crippen LogP contribution is -2.06. The van der Waals surface area contributed by atoms with Gasteiger partial charge in [-0.05, 0) is 40.2 Å². The Morgan fingerprint density at radius 1 is 1.17 bits per heavy atom. The average molecular weight is 301 g/mol. The van der Waals surface area contributed by atoms with Crippen molar-refractivity contribution >= 4 is 21.6 Å². The maximum atomic E-state index is 5.78. The molecule has 4 rings (SSSR count). The van der Waals surface area contributed by atoms with Crippen LogP contribution in [0.1, 0.15) is 5.69 Å². The van der Waals surface area contributed by atoms with Crippen molar-refractivity contribution in [2.75, 3.05) is 0 Å². The highest BCUT2D eigenvalue weighted by atomic mass is 79.9. The summed E-state index contributed by atoms with van der Waals surface area (Å²) in [7, 11) is 0. The molecule has 1 aromatic carbocycles. The van der Waals surface area contributed by atoms with E-state index in [2.05, 4.69) is 26.4 Å². The Morgan fingerprint density at radius 2 is 2.06 bits per heavy atom. The van der Waals surface area contributed by atoms with E-state index < -0.39 is 0 Å². The second kappa shape index (κ2) is 3.59. The number of benzene rings is 1. The van der Waals surface area contributed by atoms with E-state index in [0.29, 0.717) is 6.61 Å². The maximum Gasteiger partial charge on any atom is 0.137 e. The van der Waals surface area contributed by atoms with E-state index in [1.807, 2.05) is 36.5 Å². The van der Waals surface area contributed by atoms with Gasteiger partial charge in [-0.15, -0.1) is 0 Å². The Bertz CT molecular complexity index is 764. The standard InChI is InChI=1S/C14H9BrN2O/c15-9-5-6-13-16-14-10-3-1-2-4-12(10)18-8-11(14)17(13)7-9/h1-7H,8H2. The van der Waals surface area contributed by atoms with E-state index in [9.17, 15) is 0 Å². The molecule has 0 aliphatic carbocycles. The first-order valence-corrected chi connectivity index (χ1v) is 6.51. The van der Waals surface area contributed by atoms with Gasteiger partial charge in [-0.25, -0.2) is 4.98 Å². The maximum absolute atomic E-state index is 5.78. The molecule has 0 fully saturated rings. The lowest BCUT2D eigenvalue weighted by atomic mass is 10.1. The average Bonchev–Trinajstić information content (AvgIpc) is 2.77. The zero-order valence-electron chi connectivity index (χ0n) is 9.43. The van der Waals surface area contributed by atoms with Crippen molar-refractivity contribution in [3.05, 3.63) is 52.8 Å². The van der Waals surface area contributed by atoms with Gasteiger partial charge in [0.15, 0.2) is 0 Å². The van der Waals surface area contributed by atoms with Crippen molar-refractivity contribution in [1.29, 1.82) is 0 Å². The van der Waals surface area contributed by atoms with Gasteiger partial charge in [0.2, 0.25) is 0 Å². The Labute approximate surface area is 112 Å². The van der Waals surface area contributed by atoms with Gasteiger partial charge in [0.1, 0.15) is 18.0 Å². The number of pyridine rings is 1. The van der Waals surface area contributed by atoms with Crippen molar-refractivity contribution in [3.8, 4) is 17.0 Å². The third-order valence-electron chi connectivity index (χ3n) is 3.19. The molecule has 0 saturated carbocycles. The van der Waals surface area contributed by atoms with E-state index in [0.717, 1.165) is 32.8 Å². The molecule has 3 nitrogen and oxygen atoms in total. The fourth-order valence-electron chi connectivity index (χ4n) is 2.36. The van der Waals surface area contributed by atoms with E-state index in [1.54, 1.807) is 0 Å². The van der Waals surface area contributed by atoms with Crippen LogP contribution in [0.25, 0.3) is 16.9 Å². The van der Waals surface area contributed by atoms with Crippen molar-refractivity contribution in [2.45, 2.75) is 6.61 Å². The van der Waals surface area contributed by atoms with Crippen LogP contribution in [0.4, 0.5) is 0 Å². The van der Waals surface area contributed by atoms with Crippen LogP contribution in [-0.2, 0) is 6.61 Å². The molecule has 88 valence electrons. The first-order valence-electron chi connectivity index (χ1n) is 5.71. The van der Waals surface area contributed by atoms with Crippen LogP contribution in [-0.4, -0.2) is 9.38 Å². The Morgan fingerprint density at radius 3 is 3.00 bits per heavy atom. The van der Waals surface area contributed by atoms with E-state index in [4.69, 9.17) is 9.72 Å². The molecule has 0 amide bonds. The summed E-state index contributed by atoms with van der Waals surface area (Å²) in [5.74, 6) is 0.910. The zero-order valence-corrected chi connectivity index (χ0v) is 11.0. The molecule has 0 bridgehead atoms. The number of aromatic nitrogens is 2. The highest BCUT2D eigenvalue weighted by Crippen LogP contribution is 2.37. The molecule has 3 aromatic rings. The summed E-state index contributed by atoms with van der Waals surface area (Å²) in [5.41, 5.74) is 4.14. The molecule has 18 heavy (non-hydrogen) atoms. The lowest BCUT2D eigenvalue weighted by molar-refractivity contribution is 0.296. The Kier molecular flexibility index (Phi) is 2.02. The second-order valence-corrected chi connectivity index (χ2v) is 5.18. The fourth-order valence-corrected chi connectivity index (χ4v) is 2.69. The number of hydrogen-bond donors (Lipinski definition) is 0. The van der Waals surface area contributed by atoms with Gasteiger partial charge < -0.3 is 4.74 Å². The lowest BCUT2D eigenvalue weighted by Gasteiger charge is -2.16. The molecule has 3 heterocycles. The van der Waals surface area contributed by atoms with Crippen molar-refractivity contribution in [3.63, 3.8) is 0 Å². The van der Waals surface area contributed by atoms with Crippen LogP contribution >= 0.6 is 15.9 Å². The summed E-state index contributed by atoms with van der Waals surface area (Å²) in [6, 6.07) is 12.0. The minimum absolute atomic E-state index is 0.559. The Balaban J connectivity index is 2.08. The van der Waals surface area contributed by atoms with Crippen LogP contribution in [0, 0.1) is 0 Å². The van der Waals surface area contributed by atoms with Crippen molar-refractivity contribution < 1.29 is 4.74 Å². The summed E-state index contributed by atoms with van der Waals surface area (Å²) in [4.78, 5) is 4.70. The van der Waals surface area contributed by atoms with Crippen molar-refractivity contribution in [2.24, 2.45) is 0 Å². The summed E-state index contributed by atoms with van der Waals surface area (Å²) in [5, 5.41) is 0. The van der Waals surface area contributed by atoms with Gasteiger partial charge in [-0.1, -0.05) is 12.1 Å². The molecule has 2 aromatic heterocycles. The summed E-state index contributed by atoms with van der Waals surface area (Å²) in [6.07, 6.45) is 2.03. The van der Waals surface area contributed by atoms with Gasteiger partial charge in [0.25, 0.3) is 0 Å². The summed E-state index contributed by atoms with van der Waals surface area (Å²) >= 11 is 3.49. The van der Waals surface area contributed by atoms with Crippen LogP contribution in [0.5, 0.6) is 5.75 Å². The first kappa shape index (κ1) is 10.1. The molecular weight excluding hydrogens is 292 g/mol. The van der Waals surface area contributed by atoms with E-state index in [-0.39, 0.29) is 0 Å². The number of fused-ring (bicyclic) bond motifs is 5. The monoisotopic (exact) mass is 300 g/mol. The predicted molar refractivity (Wildman–Crippen MR) is 72.7 cm³/mol. The summed E-state index contributed by atoms with van der Waals surface area (Å²) in [6.45, 7) is 0.559. The number of ether oxygens (including phenoxy) is 1. The fraction of sp³-hybridized carbons (Fsp3) is 0.0714. The number of rotatable bonds is 0. The number of para-hydroxylation sites is 1. The van der Waals surface area contributed by atoms with Gasteiger partial charge >= 0.3 is 0 Å². The second-order valence-electron chi connectivity index (χ2n) is 4.27. The summed E-state index contributed by atoms with van der Waals surface area (Å²) < 4.78 is 8.89. The van der Waals surface area contributed by atoms with Crippen LogP contribution in [0.3, 0.4) is 0 Å². The largest absolute Gasteiger partial charge is 0.487 e. The molecular formula is C14H9BrN2O. The molecule has 0 unspecified atom stereocenters. The first-order chi connectivity index (χ1) is 8.83. The SMILES string of the molecule is Brc1ccc2nc3c(n2c1)COc1ccccc1-3. The Hall–Kier alpha value is -1.81. The van der Waals surface area contributed by atoms with E-state index in [1.165, 1.54) is 0 Å². The topological polar surface area (TPSA) is 26.5 Å². The van der Waals surface area contributed by atoms with Crippen LogP contribution in [0.2, 0.25) is 0 Å². The highest BCUT2D eigenvalue weighted by molar-refractivity contribution is 9.10. The third-order valence-corrected chi connectivity index (χ3v) is 3.66. The van der Waals surface area contributed by atoms with Gasteiger partial charge in [0, 0.05) is 16.2 Å². The number of hydrogen-bond acceptors (Lipinski definition) is 2. The minimum atomic E-state index is 0.559. The van der Waals surface area contributed by atoms with E-state index >= 15 is 0 Å². The molecule has 4 heteroatoms. The predicted octanol–water partition coefficient (Wildman–Crippen LogP) is 3.66. The number of nitrogens with zero attached hydrogens (tertiary/aromatic N) is 2. The molecule has 1 aliphatic heterocycles. The molecule has 0 atom stereocenters. The minimum Gasteiger partial charge on any atom is -0.487 e. The van der Waals surface area contributed by atoms with Crippen LogP contribution < -0.4 is 4.74 Å². The molecule has 1 aliphatic rings. The quantitative estimate of drug-likeness (QED) is 0.633. The number of halogens is 1.